The number of amides is 1. The first-order chi connectivity index (χ1) is 9.31. The Morgan fingerprint density at radius 2 is 2.32 bits per heavy atom. The summed E-state index contributed by atoms with van der Waals surface area (Å²) in [5, 5.41) is 3.38. The lowest BCUT2D eigenvalue weighted by Crippen LogP contribution is -2.34. The zero-order valence-electron chi connectivity index (χ0n) is 11.2. The van der Waals surface area contributed by atoms with Crippen molar-refractivity contribution < 1.29 is 4.79 Å². The van der Waals surface area contributed by atoms with Gasteiger partial charge in [0.1, 0.15) is 0 Å². The van der Waals surface area contributed by atoms with Crippen LogP contribution in [-0.2, 0) is 6.42 Å². The fourth-order valence-corrected chi connectivity index (χ4v) is 2.79. The van der Waals surface area contributed by atoms with Crippen LogP contribution in [0.15, 0.2) is 30.9 Å². The number of hydrogen-bond donors (Lipinski definition) is 1. The number of anilines is 1. The molecule has 1 aliphatic carbocycles. The van der Waals surface area contributed by atoms with Gasteiger partial charge in [0.05, 0.1) is 0 Å². The lowest BCUT2D eigenvalue weighted by molar-refractivity contribution is 0.0761. The van der Waals surface area contributed by atoms with Gasteiger partial charge in [0.15, 0.2) is 0 Å². The molecular formula is C16H20N2O. The minimum atomic E-state index is 0.169. The van der Waals surface area contributed by atoms with Gasteiger partial charge in [-0.3, -0.25) is 4.79 Å². The molecule has 1 aliphatic heterocycles. The van der Waals surface area contributed by atoms with Crippen LogP contribution in [0.1, 0.15) is 35.2 Å². The molecule has 0 radical (unpaired) electrons. The summed E-state index contributed by atoms with van der Waals surface area (Å²) in [7, 11) is 0. The molecule has 0 spiro atoms. The van der Waals surface area contributed by atoms with E-state index in [0.29, 0.717) is 12.6 Å². The molecular weight excluding hydrogens is 236 g/mol. The summed E-state index contributed by atoms with van der Waals surface area (Å²) in [6.45, 7) is 5.42. The number of hydrogen-bond acceptors (Lipinski definition) is 2. The van der Waals surface area contributed by atoms with Crippen LogP contribution < -0.4 is 5.32 Å². The molecule has 1 fully saturated rings. The van der Waals surface area contributed by atoms with Crippen molar-refractivity contribution in [2.75, 3.05) is 18.4 Å². The number of fused-ring (bicyclic) bond motifs is 1. The van der Waals surface area contributed by atoms with E-state index < -0.39 is 0 Å². The van der Waals surface area contributed by atoms with Gasteiger partial charge in [-0.05, 0) is 43.4 Å². The molecule has 19 heavy (non-hydrogen) atoms. The van der Waals surface area contributed by atoms with E-state index >= 15 is 0 Å². The minimum absolute atomic E-state index is 0.169. The van der Waals surface area contributed by atoms with Crippen LogP contribution in [0, 0.1) is 0 Å². The average Bonchev–Trinajstić information content (AvgIpc) is 3.28. The van der Waals surface area contributed by atoms with E-state index in [0.717, 1.165) is 43.5 Å². The number of benzene rings is 1. The summed E-state index contributed by atoms with van der Waals surface area (Å²) < 4.78 is 0. The Morgan fingerprint density at radius 3 is 3.05 bits per heavy atom. The van der Waals surface area contributed by atoms with E-state index in [4.69, 9.17) is 0 Å². The maximum Gasteiger partial charge on any atom is 0.254 e. The number of nitrogens with one attached hydrogen (secondary N) is 1. The lowest BCUT2D eigenvalue weighted by atomic mass is 9.96. The van der Waals surface area contributed by atoms with Crippen molar-refractivity contribution in [3.05, 3.63) is 42.0 Å². The standard InChI is InChI=1S/C16H20N2O/c1-2-11-18(12-8-9-12)16(19)14-5-3-7-15-13(14)6-4-10-17-15/h2-3,5,7,12,17H,1,4,6,8-11H2. The lowest BCUT2D eigenvalue weighted by Gasteiger charge is -2.25. The van der Waals surface area contributed by atoms with Crippen LogP contribution in [0.5, 0.6) is 0 Å². The zero-order chi connectivity index (χ0) is 13.2. The first kappa shape index (κ1) is 12.3. The second-order valence-corrected chi connectivity index (χ2v) is 5.34. The molecule has 3 heteroatoms. The highest BCUT2D eigenvalue weighted by Crippen LogP contribution is 2.31. The van der Waals surface area contributed by atoms with E-state index in [9.17, 15) is 4.79 Å². The van der Waals surface area contributed by atoms with Crippen molar-refractivity contribution in [1.82, 2.24) is 4.90 Å². The van der Waals surface area contributed by atoms with E-state index in [1.807, 2.05) is 23.1 Å². The maximum atomic E-state index is 12.7. The third-order valence-electron chi connectivity index (χ3n) is 3.90. The third-order valence-corrected chi connectivity index (χ3v) is 3.90. The fraction of sp³-hybridized carbons (Fsp3) is 0.438. The highest BCUT2D eigenvalue weighted by Gasteiger charge is 2.33. The summed E-state index contributed by atoms with van der Waals surface area (Å²) in [6.07, 6.45) is 6.18. The zero-order valence-corrected chi connectivity index (χ0v) is 11.2. The van der Waals surface area contributed by atoms with Crippen LogP contribution in [0.2, 0.25) is 0 Å². The predicted octanol–water partition coefficient (Wildman–Crippen LogP) is 2.84. The van der Waals surface area contributed by atoms with Gasteiger partial charge in [0.25, 0.3) is 5.91 Å². The van der Waals surface area contributed by atoms with Crippen molar-refractivity contribution in [2.24, 2.45) is 0 Å². The number of rotatable bonds is 4. The van der Waals surface area contributed by atoms with Gasteiger partial charge in [-0.15, -0.1) is 6.58 Å². The summed E-state index contributed by atoms with van der Waals surface area (Å²) in [5.41, 5.74) is 3.19. The quantitative estimate of drug-likeness (QED) is 0.840. The van der Waals surface area contributed by atoms with Gasteiger partial charge in [0.2, 0.25) is 0 Å². The van der Waals surface area contributed by atoms with Crippen molar-refractivity contribution in [1.29, 1.82) is 0 Å². The molecule has 0 unspecified atom stereocenters. The molecule has 1 aromatic rings. The first-order valence-corrected chi connectivity index (χ1v) is 7.09. The summed E-state index contributed by atoms with van der Waals surface area (Å²) in [5.74, 6) is 0.169. The van der Waals surface area contributed by atoms with Crippen molar-refractivity contribution in [3.63, 3.8) is 0 Å². The molecule has 1 saturated carbocycles. The normalized spacial score (nSPS) is 17.3. The van der Waals surface area contributed by atoms with E-state index in [1.54, 1.807) is 0 Å². The van der Waals surface area contributed by atoms with Gasteiger partial charge >= 0.3 is 0 Å². The highest BCUT2D eigenvalue weighted by molar-refractivity contribution is 5.97. The number of carbonyl (C=O) groups is 1. The number of carbonyl (C=O) groups excluding carboxylic acids is 1. The van der Waals surface area contributed by atoms with Crippen LogP contribution in [0.4, 0.5) is 5.69 Å². The van der Waals surface area contributed by atoms with E-state index in [-0.39, 0.29) is 5.91 Å². The molecule has 0 bridgehead atoms. The third kappa shape index (κ3) is 2.37. The molecule has 1 amide bonds. The Labute approximate surface area is 114 Å². The SMILES string of the molecule is C=CCN(C(=O)c1cccc2c1CCCN2)C1CC1. The van der Waals surface area contributed by atoms with Crippen LogP contribution in [0.3, 0.4) is 0 Å². The highest BCUT2D eigenvalue weighted by atomic mass is 16.2. The molecule has 1 aromatic carbocycles. The molecule has 0 saturated heterocycles. The van der Waals surface area contributed by atoms with Crippen LogP contribution in [0.25, 0.3) is 0 Å². The molecule has 1 heterocycles. The summed E-state index contributed by atoms with van der Waals surface area (Å²) >= 11 is 0. The predicted molar refractivity (Wildman–Crippen MR) is 77.5 cm³/mol. The number of nitrogens with zero attached hydrogens (tertiary/aromatic N) is 1. The van der Waals surface area contributed by atoms with Gasteiger partial charge < -0.3 is 10.2 Å². The largest absolute Gasteiger partial charge is 0.385 e. The van der Waals surface area contributed by atoms with Crippen LogP contribution >= 0.6 is 0 Å². The second-order valence-electron chi connectivity index (χ2n) is 5.34. The average molecular weight is 256 g/mol. The van der Waals surface area contributed by atoms with Crippen molar-refractivity contribution in [2.45, 2.75) is 31.7 Å². The van der Waals surface area contributed by atoms with Gasteiger partial charge in [-0.2, -0.15) is 0 Å². The van der Waals surface area contributed by atoms with Gasteiger partial charge in [0, 0.05) is 30.4 Å². The van der Waals surface area contributed by atoms with E-state index in [2.05, 4.69) is 18.0 Å². The van der Waals surface area contributed by atoms with E-state index in [1.165, 1.54) is 5.56 Å². The Bertz CT molecular complexity index is 505. The molecule has 3 rings (SSSR count). The first-order valence-electron chi connectivity index (χ1n) is 7.09. The minimum Gasteiger partial charge on any atom is -0.385 e. The Hall–Kier alpha value is -1.77. The second kappa shape index (κ2) is 5.08. The Morgan fingerprint density at radius 1 is 1.47 bits per heavy atom. The smallest absolute Gasteiger partial charge is 0.254 e. The molecule has 1 N–H and O–H groups in total. The Kier molecular flexibility index (Phi) is 3.28. The Balaban J connectivity index is 1.92. The molecule has 3 nitrogen and oxygen atoms in total. The monoisotopic (exact) mass is 256 g/mol. The maximum absolute atomic E-state index is 12.7. The van der Waals surface area contributed by atoms with Crippen molar-refractivity contribution in [3.8, 4) is 0 Å². The molecule has 100 valence electrons. The summed E-state index contributed by atoms with van der Waals surface area (Å²) in [4.78, 5) is 14.7. The topological polar surface area (TPSA) is 32.3 Å². The van der Waals surface area contributed by atoms with Crippen molar-refractivity contribution >= 4 is 11.6 Å². The molecule has 2 aliphatic rings. The molecule has 0 atom stereocenters. The van der Waals surface area contributed by atoms with Gasteiger partial charge in [-0.1, -0.05) is 12.1 Å². The fourth-order valence-electron chi connectivity index (χ4n) is 2.79. The summed E-state index contributed by atoms with van der Waals surface area (Å²) in [6, 6.07) is 6.44. The van der Waals surface area contributed by atoms with Gasteiger partial charge in [-0.25, -0.2) is 0 Å². The molecule has 0 aromatic heterocycles. The van der Waals surface area contributed by atoms with Crippen LogP contribution in [-0.4, -0.2) is 29.9 Å².